The average molecular weight is 230 g/mol. The van der Waals surface area contributed by atoms with E-state index in [2.05, 4.69) is 0 Å². The third kappa shape index (κ3) is 8.11. The molecule has 5 nitrogen and oxygen atoms in total. The number of rotatable bonds is 8. The van der Waals surface area contributed by atoms with Crippen molar-refractivity contribution in [1.82, 2.24) is 0 Å². The summed E-state index contributed by atoms with van der Waals surface area (Å²) in [6, 6.07) is 0. The number of carboxylic acids is 1. The monoisotopic (exact) mass is 230 g/mol. The Hall–Kier alpha value is -1.23. The highest BCUT2D eigenvalue weighted by molar-refractivity contribution is 5.85. The van der Waals surface area contributed by atoms with E-state index >= 15 is 0 Å². The van der Waals surface area contributed by atoms with Crippen LogP contribution in [-0.2, 0) is 14.4 Å². The summed E-state index contributed by atoms with van der Waals surface area (Å²) in [6.45, 7) is 2.83. The van der Waals surface area contributed by atoms with Gasteiger partial charge in [-0.05, 0) is 20.3 Å². The van der Waals surface area contributed by atoms with Crippen LogP contribution in [0.4, 0.5) is 0 Å². The molecule has 0 aromatic rings. The molecule has 0 bridgehead atoms. The van der Waals surface area contributed by atoms with Gasteiger partial charge in [-0.25, -0.2) is 0 Å². The molecule has 0 saturated heterocycles. The van der Waals surface area contributed by atoms with Gasteiger partial charge in [-0.2, -0.15) is 0 Å². The summed E-state index contributed by atoms with van der Waals surface area (Å²) in [4.78, 5) is 32.3. The summed E-state index contributed by atoms with van der Waals surface area (Å²) in [5.41, 5.74) is -1.30. The molecule has 0 fully saturated rings. The Morgan fingerprint density at radius 3 is 2.12 bits per heavy atom. The second-order valence-electron chi connectivity index (χ2n) is 4.31. The minimum atomic E-state index is -1.30. The Kier molecular flexibility index (Phi) is 5.88. The number of carboxylic acid groups (broad SMARTS) is 1. The fourth-order valence-corrected chi connectivity index (χ4v) is 1.29. The van der Waals surface area contributed by atoms with E-state index in [0.29, 0.717) is 0 Å². The molecule has 0 amide bonds. The maximum absolute atomic E-state index is 11.3. The van der Waals surface area contributed by atoms with Gasteiger partial charge in [0.15, 0.2) is 0 Å². The van der Waals surface area contributed by atoms with E-state index in [4.69, 9.17) is 5.11 Å². The normalized spacial score (nSPS) is 14.2. The number of ketones is 2. The van der Waals surface area contributed by atoms with E-state index in [0.717, 1.165) is 0 Å². The van der Waals surface area contributed by atoms with Crippen molar-refractivity contribution in [2.24, 2.45) is 0 Å². The van der Waals surface area contributed by atoms with Crippen LogP contribution in [0.1, 0.15) is 46.0 Å². The third-order valence-electron chi connectivity index (χ3n) is 2.21. The van der Waals surface area contributed by atoms with Gasteiger partial charge in [0.25, 0.3) is 0 Å². The van der Waals surface area contributed by atoms with Gasteiger partial charge in [0.2, 0.25) is 0 Å². The molecule has 0 heterocycles. The van der Waals surface area contributed by atoms with Gasteiger partial charge in [-0.15, -0.1) is 0 Å². The van der Waals surface area contributed by atoms with Crippen molar-refractivity contribution < 1.29 is 24.6 Å². The maximum Gasteiger partial charge on any atom is 0.303 e. The molecular formula is C11H18O5. The molecule has 0 spiro atoms. The van der Waals surface area contributed by atoms with Gasteiger partial charge in [-0.1, -0.05) is 0 Å². The number of aliphatic hydroxyl groups is 1. The number of carbonyl (C=O) groups is 3. The minimum absolute atomic E-state index is 0.0359. The van der Waals surface area contributed by atoms with Crippen molar-refractivity contribution in [3.63, 3.8) is 0 Å². The zero-order valence-corrected chi connectivity index (χ0v) is 9.65. The minimum Gasteiger partial charge on any atom is -0.481 e. The molecule has 0 aliphatic heterocycles. The molecule has 0 aliphatic carbocycles. The molecule has 0 aliphatic rings. The van der Waals surface area contributed by atoms with E-state index in [1.54, 1.807) is 0 Å². The largest absolute Gasteiger partial charge is 0.481 e. The quantitative estimate of drug-likeness (QED) is 0.647. The van der Waals surface area contributed by atoms with Gasteiger partial charge < -0.3 is 15.0 Å². The SMILES string of the molecule is CC(=O)CCC(=O)CC(C)(O)CCC(=O)O. The van der Waals surface area contributed by atoms with Gasteiger partial charge in [-0.3, -0.25) is 9.59 Å². The van der Waals surface area contributed by atoms with Crippen LogP contribution >= 0.6 is 0 Å². The van der Waals surface area contributed by atoms with Crippen LogP contribution < -0.4 is 0 Å². The number of hydrogen-bond donors (Lipinski definition) is 2. The predicted molar refractivity (Wildman–Crippen MR) is 57.0 cm³/mol. The molecule has 92 valence electrons. The Bertz CT molecular complexity index is 280. The molecule has 0 aromatic carbocycles. The van der Waals surface area contributed by atoms with Crippen LogP contribution in [-0.4, -0.2) is 33.3 Å². The van der Waals surface area contributed by atoms with Crippen molar-refractivity contribution in [1.29, 1.82) is 0 Å². The average Bonchev–Trinajstić information content (AvgIpc) is 2.11. The molecule has 0 radical (unpaired) electrons. The molecular weight excluding hydrogens is 212 g/mol. The van der Waals surface area contributed by atoms with Gasteiger partial charge in [0.05, 0.1) is 5.60 Å². The molecule has 1 atom stereocenters. The Morgan fingerprint density at radius 1 is 1.12 bits per heavy atom. The second kappa shape index (κ2) is 6.37. The van der Waals surface area contributed by atoms with E-state index in [1.165, 1.54) is 13.8 Å². The van der Waals surface area contributed by atoms with E-state index in [9.17, 15) is 19.5 Å². The van der Waals surface area contributed by atoms with Gasteiger partial charge >= 0.3 is 5.97 Å². The predicted octanol–water partition coefficient (Wildman–Crippen LogP) is 0.931. The fraction of sp³-hybridized carbons (Fsp3) is 0.727. The first kappa shape index (κ1) is 14.8. The summed E-state index contributed by atoms with van der Waals surface area (Å²) < 4.78 is 0. The highest BCUT2D eigenvalue weighted by Gasteiger charge is 2.24. The van der Waals surface area contributed by atoms with Crippen molar-refractivity contribution >= 4 is 17.5 Å². The lowest BCUT2D eigenvalue weighted by Gasteiger charge is -2.21. The van der Waals surface area contributed by atoms with Crippen LogP contribution in [0.25, 0.3) is 0 Å². The fourth-order valence-electron chi connectivity index (χ4n) is 1.29. The lowest BCUT2D eigenvalue weighted by atomic mass is 9.92. The lowest BCUT2D eigenvalue weighted by molar-refractivity contribution is -0.139. The third-order valence-corrected chi connectivity index (χ3v) is 2.21. The molecule has 2 N–H and O–H groups in total. The van der Waals surface area contributed by atoms with E-state index < -0.39 is 11.6 Å². The summed E-state index contributed by atoms with van der Waals surface area (Å²) in [7, 11) is 0. The summed E-state index contributed by atoms with van der Waals surface area (Å²) in [5, 5.41) is 18.2. The van der Waals surface area contributed by atoms with Crippen LogP contribution in [0.3, 0.4) is 0 Å². The number of aliphatic carboxylic acids is 1. The Morgan fingerprint density at radius 2 is 1.69 bits per heavy atom. The zero-order valence-electron chi connectivity index (χ0n) is 9.65. The highest BCUT2D eigenvalue weighted by atomic mass is 16.4. The highest BCUT2D eigenvalue weighted by Crippen LogP contribution is 2.18. The Balaban J connectivity index is 3.99. The van der Waals surface area contributed by atoms with E-state index in [-0.39, 0.29) is 43.7 Å². The first-order valence-electron chi connectivity index (χ1n) is 5.18. The van der Waals surface area contributed by atoms with Crippen molar-refractivity contribution in [3.8, 4) is 0 Å². The zero-order chi connectivity index (χ0) is 12.8. The number of carbonyl (C=O) groups excluding carboxylic acids is 2. The molecule has 0 rings (SSSR count). The standard InChI is InChI=1S/C11H18O5/c1-8(12)3-4-9(13)7-11(2,16)6-5-10(14)15/h16H,3-7H2,1-2H3,(H,14,15). The second-order valence-corrected chi connectivity index (χ2v) is 4.31. The van der Waals surface area contributed by atoms with E-state index in [1.807, 2.05) is 0 Å². The Labute approximate surface area is 94.5 Å². The van der Waals surface area contributed by atoms with Crippen LogP contribution in [0.2, 0.25) is 0 Å². The molecule has 1 unspecified atom stereocenters. The molecule has 5 heteroatoms. The maximum atomic E-state index is 11.3. The first-order valence-corrected chi connectivity index (χ1v) is 5.18. The van der Waals surface area contributed by atoms with Crippen LogP contribution in [0.15, 0.2) is 0 Å². The van der Waals surface area contributed by atoms with Crippen LogP contribution in [0.5, 0.6) is 0 Å². The topological polar surface area (TPSA) is 91.7 Å². The van der Waals surface area contributed by atoms with Crippen molar-refractivity contribution in [2.75, 3.05) is 0 Å². The number of hydrogen-bond acceptors (Lipinski definition) is 4. The first-order chi connectivity index (χ1) is 7.23. The van der Waals surface area contributed by atoms with Gasteiger partial charge in [0, 0.05) is 25.7 Å². The van der Waals surface area contributed by atoms with Crippen molar-refractivity contribution in [3.05, 3.63) is 0 Å². The van der Waals surface area contributed by atoms with Crippen LogP contribution in [0, 0.1) is 0 Å². The van der Waals surface area contributed by atoms with Crippen molar-refractivity contribution in [2.45, 2.75) is 51.6 Å². The molecule has 16 heavy (non-hydrogen) atoms. The lowest BCUT2D eigenvalue weighted by Crippen LogP contribution is -2.28. The number of Topliss-reactive ketones (excluding diaryl/α,β-unsaturated/α-hetero) is 2. The smallest absolute Gasteiger partial charge is 0.303 e. The summed E-state index contributed by atoms with van der Waals surface area (Å²) in [5.74, 6) is -1.29. The molecule has 0 aromatic heterocycles. The molecule has 0 saturated carbocycles. The summed E-state index contributed by atoms with van der Waals surface area (Å²) >= 11 is 0. The van der Waals surface area contributed by atoms with Gasteiger partial charge in [0.1, 0.15) is 11.6 Å². The summed E-state index contributed by atoms with van der Waals surface area (Å²) in [6.07, 6.45) is 0.0427.